The van der Waals surface area contributed by atoms with Crippen molar-refractivity contribution in [2.45, 2.75) is 58.8 Å². The summed E-state index contributed by atoms with van der Waals surface area (Å²) in [5.74, 6) is 0.845. The molecule has 0 spiro atoms. The summed E-state index contributed by atoms with van der Waals surface area (Å²) in [7, 11) is 0. The third-order valence-electron chi connectivity index (χ3n) is 4.95. The Morgan fingerprint density at radius 1 is 1.00 bits per heavy atom. The molecule has 0 aliphatic carbocycles. The van der Waals surface area contributed by atoms with E-state index in [4.69, 9.17) is 14.1 Å². The predicted molar refractivity (Wildman–Crippen MR) is 102 cm³/mol. The van der Waals surface area contributed by atoms with Crippen molar-refractivity contribution < 1.29 is 9.15 Å². The first kappa shape index (κ1) is 18.4. The van der Waals surface area contributed by atoms with Crippen molar-refractivity contribution in [2.75, 3.05) is 32.8 Å². The van der Waals surface area contributed by atoms with Gasteiger partial charge in [0.1, 0.15) is 5.52 Å². The summed E-state index contributed by atoms with van der Waals surface area (Å²) in [5.41, 5.74) is 4.64. The van der Waals surface area contributed by atoms with Crippen LogP contribution in [0.2, 0.25) is 0 Å². The molecule has 0 saturated carbocycles. The second-order valence-corrected chi connectivity index (χ2v) is 9.18. The van der Waals surface area contributed by atoms with Gasteiger partial charge in [0.15, 0.2) is 11.5 Å². The van der Waals surface area contributed by atoms with E-state index in [1.54, 1.807) is 0 Å². The van der Waals surface area contributed by atoms with E-state index >= 15 is 0 Å². The lowest BCUT2D eigenvalue weighted by molar-refractivity contribution is 0.0378. The molecule has 0 unspecified atom stereocenters. The van der Waals surface area contributed by atoms with E-state index in [2.05, 4.69) is 58.6 Å². The molecule has 2 aromatic rings. The quantitative estimate of drug-likeness (QED) is 0.832. The summed E-state index contributed by atoms with van der Waals surface area (Å²) in [5, 5.41) is 0. The predicted octanol–water partition coefficient (Wildman–Crippen LogP) is 4.30. The van der Waals surface area contributed by atoms with Gasteiger partial charge in [-0.1, -0.05) is 47.6 Å². The smallest absolute Gasteiger partial charge is 0.196 e. The summed E-state index contributed by atoms with van der Waals surface area (Å²) < 4.78 is 11.6. The van der Waals surface area contributed by atoms with Gasteiger partial charge in [0.2, 0.25) is 0 Å². The second kappa shape index (κ2) is 6.73. The third-order valence-corrected chi connectivity index (χ3v) is 4.95. The van der Waals surface area contributed by atoms with Crippen molar-refractivity contribution in [3.05, 3.63) is 29.2 Å². The average molecular weight is 344 g/mol. The number of aromatic nitrogens is 1. The molecule has 138 valence electrons. The Balaban J connectivity index is 1.92. The SMILES string of the molecule is CC(C)(C)c1cc(C(C)(C)C)c2oc(CCN3CCOCC3)nc2c1. The van der Waals surface area contributed by atoms with Crippen molar-refractivity contribution in [2.24, 2.45) is 0 Å². The lowest BCUT2D eigenvalue weighted by atomic mass is 9.80. The van der Waals surface area contributed by atoms with E-state index < -0.39 is 0 Å². The van der Waals surface area contributed by atoms with Crippen LogP contribution in [0.4, 0.5) is 0 Å². The topological polar surface area (TPSA) is 38.5 Å². The van der Waals surface area contributed by atoms with Crippen LogP contribution in [0.15, 0.2) is 16.5 Å². The van der Waals surface area contributed by atoms with Gasteiger partial charge < -0.3 is 9.15 Å². The Morgan fingerprint density at radius 2 is 1.68 bits per heavy atom. The Bertz CT molecular complexity index is 729. The number of rotatable bonds is 3. The molecule has 1 fully saturated rings. The summed E-state index contributed by atoms with van der Waals surface area (Å²) >= 11 is 0. The number of hydrogen-bond donors (Lipinski definition) is 0. The van der Waals surface area contributed by atoms with Crippen LogP contribution < -0.4 is 0 Å². The maximum atomic E-state index is 6.22. The molecule has 1 aliphatic rings. The Morgan fingerprint density at radius 3 is 2.28 bits per heavy atom. The molecule has 1 aromatic carbocycles. The Kier molecular flexibility index (Phi) is 4.95. The molecule has 0 atom stereocenters. The van der Waals surface area contributed by atoms with E-state index in [9.17, 15) is 0 Å². The van der Waals surface area contributed by atoms with Gasteiger partial charge in [-0.2, -0.15) is 0 Å². The van der Waals surface area contributed by atoms with Crippen molar-refractivity contribution in [3.63, 3.8) is 0 Å². The molecule has 0 N–H and O–H groups in total. The van der Waals surface area contributed by atoms with Crippen molar-refractivity contribution in [1.29, 1.82) is 0 Å². The molecule has 0 radical (unpaired) electrons. The Hall–Kier alpha value is -1.39. The molecule has 3 rings (SSSR count). The molecule has 25 heavy (non-hydrogen) atoms. The van der Waals surface area contributed by atoms with Gasteiger partial charge in [0.25, 0.3) is 0 Å². The van der Waals surface area contributed by atoms with Gasteiger partial charge in [0, 0.05) is 31.6 Å². The first-order chi connectivity index (χ1) is 11.6. The fourth-order valence-electron chi connectivity index (χ4n) is 3.25. The fourth-order valence-corrected chi connectivity index (χ4v) is 3.25. The minimum absolute atomic E-state index is 0.0283. The fraction of sp³-hybridized carbons (Fsp3) is 0.667. The minimum Gasteiger partial charge on any atom is -0.440 e. The average Bonchev–Trinajstić information content (AvgIpc) is 2.94. The standard InChI is InChI=1S/C21H32N2O2/c1-20(2,3)15-13-16(21(4,5)6)19-17(14-15)22-18(25-19)7-8-23-9-11-24-12-10-23/h13-14H,7-12H2,1-6H3. The first-order valence-electron chi connectivity index (χ1n) is 9.39. The van der Waals surface area contributed by atoms with Crippen LogP contribution >= 0.6 is 0 Å². The molecule has 2 heterocycles. The number of hydrogen-bond acceptors (Lipinski definition) is 4. The zero-order valence-corrected chi connectivity index (χ0v) is 16.6. The first-order valence-corrected chi connectivity index (χ1v) is 9.39. The van der Waals surface area contributed by atoms with Crippen LogP contribution in [0.5, 0.6) is 0 Å². The normalized spacial score (nSPS) is 17.4. The van der Waals surface area contributed by atoms with Crippen LogP contribution in [0.1, 0.15) is 58.6 Å². The highest BCUT2D eigenvalue weighted by molar-refractivity contribution is 5.79. The molecule has 1 aromatic heterocycles. The molecule has 4 nitrogen and oxygen atoms in total. The second-order valence-electron chi connectivity index (χ2n) is 9.18. The van der Waals surface area contributed by atoms with Gasteiger partial charge in [-0.15, -0.1) is 0 Å². The largest absolute Gasteiger partial charge is 0.440 e. The zero-order chi connectivity index (χ0) is 18.2. The molecule has 1 aliphatic heterocycles. The van der Waals surface area contributed by atoms with Crippen LogP contribution in [0.3, 0.4) is 0 Å². The number of morpholine rings is 1. The van der Waals surface area contributed by atoms with E-state index in [0.29, 0.717) is 0 Å². The lowest BCUT2D eigenvalue weighted by Gasteiger charge is -2.25. The number of fused-ring (bicyclic) bond motifs is 1. The molecular formula is C21H32N2O2. The van der Waals surface area contributed by atoms with Crippen molar-refractivity contribution in [3.8, 4) is 0 Å². The molecule has 0 bridgehead atoms. The van der Waals surface area contributed by atoms with Crippen LogP contribution in [-0.4, -0.2) is 42.7 Å². The summed E-state index contributed by atoms with van der Waals surface area (Å²) in [6, 6.07) is 4.51. The monoisotopic (exact) mass is 344 g/mol. The highest BCUT2D eigenvalue weighted by atomic mass is 16.5. The van der Waals surface area contributed by atoms with E-state index in [-0.39, 0.29) is 10.8 Å². The maximum absolute atomic E-state index is 6.22. The maximum Gasteiger partial charge on any atom is 0.196 e. The highest BCUT2D eigenvalue weighted by Gasteiger charge is 2.25. The van der Waals surface area contributed by atoms with Crippen molar-refractivity contribution >= 4 is 11.1 Å². The van der Waals surface area contributed by atoms with Crippen LogP contribution in [0.25, 0.3) is 11.1 Å². The minimum atomic E-state index is 0.0283. The summed E-state index contributed by atoms with van der Waals surface area (Å²) in [4.78, 5) is 7.24. The number of oxazole rings is 1. The van der Waals surface area contributed by atoms with Crippen LogP contribution in [-0.2, 0) is 22.0 Å². The van der Waals surface area contributed by atoms with Gasteiger partial charge in [-0.3, -0.25) is 4.90 Å². The molecule has 4 heteroatoms. The van der Waals surface area contributed by atoms with Gasteiger partial charge in [0.05, 0.1) is 13.2 Å². The third kappa shape index (κ3) is 4.24. The zero-order valence-electron chi connectivity index (χ0n) is 16.6. The van der Waals surface area contributed by atoms with E-state index in [1.807, 2.05) is 0 Å². The highest BCUT2D eigenvalue weighted by Crippen LogP contribution is 2.35. The molecule has 0 amide bonds. The van der Waals surface area contributed by atoms with E-state index in [0.717, 1.165) is 56.3 Å². The lowest BCUT2D eigenvalue weighted by Crippen LogP contribution is -2.37. The van der Waals surface area contributed by atoms with Crippen LogP contribution in [0, 0.1) is 0 Å². The van der Waals surface area contributed by atoms with Gasteiger partial charge >= 0.3 is 0 Å². The van der Waals surface area contributed by atoms with Crippen molar-refractivity contribution in [1.82, 2.24) is 9.88 Å². The number of nitrogens with zero attached hydrogens (tertiary/aromatic N) is 2. The van der Waals surface area contributed by atoms with Gasteiger partial charge in [-0.25, -0.2) is 4.98 Å². The molecule has 1 saturated heterocycles. The Labute approximate surface area is 151 Å². The summed E-state index contributed by atoms with van der Waals surface area (Å²) in [6.07, 6.45) is 0.850. The van der Waals surface area contributed by atoms with E-state index in [1.165, 1.54) is 11.1 Å². The number of ether oxygens (including phenoxy) is 1. The molecular weight excluding hydrogens is 312 g/mol. The summed E-state index contributed by atoms with van der Waals surface area (Å²) in [6.45, 7) is 18.1. The van der Waals surface area contributed by atoms with Gasteiger partial charge in [-0.05, 0) is 22.5 Å². The number of benzene rings is 1.